The third kappa shape index (κ3) is 2.71. The van der Waals surface area contributed by atoms with Crippen LogP contribution in [0.4, 0.5) is 4.79 Å². The third-order valence-corrected chi connectivity index (χ3v) is 2.57. The Hall–Kier alpha value is -1.59. The summed E-state index contributed by atoms with van der Waals surface area (Å²) >= 11 is 0. The van der Waals surface area contributed by atoms with Crippen molar-refractivity contribution in [3.63, 3.8) is 0 Å². The molecule has 90 valence electrons. The average molecular weight is 227 g/mol. The molecule has 1 aliphatic heterocycles. The zero-order chi connectivity index (χ0) is 12.1. The van der Waals surface area contributed by atoms with Gasteiger partial charge in [0, 0.05) is 20.6 Å². The summed E-state index contributed by atoms with van der Waals surface area (Å²) in [5, 5.41) is 2.46. The second-order valence-electron chi connectivity index (χ2n) is 4.00. The molecule has 0 spiro atoms. The minimum absolute atomic E-state index is 0.316. The summed E-state index contributed by atoms with van der Waals surface area (Å²) in [6.07, 6.45) is 2.71. The van der Waals surface area contributed by atoms with Gasteiger partial charge in [0.2, 0.25) is 6.41 Å². The van der Waals surface area contributed by atoms with Crippen LogP contribution in [0.1, 0.15) is 19.3 Å². The molecular formula is C10H17N3O3. The summed E-state index contributed by atoms with van der Waals surface area (Å²) in [4.78, 5) is 36.6. The zero-order valence-corrected chi connectivity index (χ0v) is 9.60. The molecular weight excluding hydrogens is 210 g/mol. The van der Waals surface area contributed by atoms with Gasteiger partial charge in [-0.1, -0.05) is 0 Å². The van der Waals surface area contributed by atoms with Crippen molar-refractivity contribution in [1.82, 2.24) is 15.1 Å². The standard InChI is InChI=1S/C10H17N3O3/c1-12(2)10(16)13-6-4-3-5-8(9(13)15)11-7-14/h7-8H,3-6H2,1-2H3,(H,11,14)/t8-/m0/s1. The lowest BCUT2D eigenvalue weighted by molar-refractivity contribution is -0.131. The molecule has 0 aromatic rings. The number of carbonyl (C=O) groups is 3. The number of nitrogens with one attached hydrogen (secondary N) is 1. The van der Waals surface area contributed by atoms with Gasteiger partial charge in [-0.15, -0.1) is 0 Å². The highest BCUT2D eigenvalue weighted by Crippen LogP contribution is 2.13. The minimum atomic E-state index is -0.566. The van der Waals surface area contributed by atoms with E-state index in [1.807, 2.05) is 0 Å². The van der Waals surface area contributed by atoms with Crippen LogP contribution in [-0.2, 0) is 9.59 Å². The Morgan fingerprint density at radius 1 is 1.50 bits per heavy atom. The maximum absolute atomic E-state index is 11.9. The Kier molecular flexibility index (Phi) is 4.28. The van der Waals surface area contributed by atoms with Crippen molar-refractivity contribution < 1.29 is 14.4 Å². The van der Waals surface area contributed by atoms with E-state index in [1.165, 1.54) is 9.80 Å². The van der Waals surface area contributed by atoms with Crippen LogP contribution in [0, 0.1) is 0 Å². The molecule has 0 aromatic heterocycles. The van der Waals surface area contributed by atoms with Crippen LogP contribution >= 0.6 is 0 Å². The number of amides is 4. The first-order valence-corrected chi connectivity index (χ1v) is 5.30. The topological polar surface area (TPSA) is 69.7 Å². The van der Waals surface area contributed by atoms with E-state index in [1.54, 1.807) is 14.1 Å². The van der Waals surface area contributed by atoms with E-state index in [0.717, 1.165) is 12.8 Å². The van der Waals surface area contributed by atoms with Gasteiger partial charge in [0.15, 0.2) is 0 Å². The van der Waals surface area contributed by atoms with E-state index in [4.69, 9.17) is 0 Å². The molecule has 6 heteroatoms. The summed E-state index contributed by atoms with van der Waals surface area (Å²) in [5.41, 5.74) is 0. The molecule has 1 rings (SSSR count). The van der Waals surface area contributed by atoms with Gasteiger partial charge in [-0.3, -0.25) is 14.5 Å². The minimum Gasteiger partial charge on any atom is -0.347 e. The van der Waals surface area contributed by atoms with Crippen LogP contribution < -0.4 is 5.32 Å². The number of carbonyl (C=O) groups excluding carboxylic acids is 3. The molecule has 4 amide bonds. The smallest absolute Gasteiger partial charge is 0.326 e. The van der Waals surface area contributed by atoms with Crippen LogP contribution in [0.2, 0.25) is 0 Å². The Balaban J connectivity index is 2.78. The van der Waals surface area contributed by atoms with Crippen molar-refractivity contribution in [2.24, 2.45) is 0 Å². The lowest BCUT2D eigenvalue weighted by Crippen LogP contribution is -2.50. The fourth-order valence-electron chi connectivity index (χ4n) is 1.71. The molecule has 0 unspecified atom stereocenters. The SMILES string of the molecule is CN(C)C(=O)N1CCCC[C@H](NC=O)C1=O. The highest BCUT2D eigenvalue weighted by Gasteiger charge is 2.31. The molecule has 1 atom stereocenters. The number of hydrogen-bond donors (Lipinski definition) is 1. The van der Waals surface area contributed by atoms with Gasteiger partial charge in [-0.2, -0.15) is 0 Å². The molecule has 16 heavy (non-hydrogen) atoms. The molecule has 0 bridgehead atoms. The molecule has 1 aliphatic rings. The van der Waals surface area contributed by atoms with Gasteiger partial charge in [-0.25, -0.2) is 4.79 Å². The molecule has 1 saturated heterocycles. The number of imide groups is 1. The van der Waals surface area contributed by atoms with Crippen LogP contribution in [0.15, 0.2) is 0 Å². The Morgan fingerprint density at radius 3 is 2.75 bits per heavy atom. The number of likely N-dealkylation sites (tertiary alicyclic amines) is 1. The number of rotatable bonds is 2. The number of nitrogens with zero attached hydrogens (tertiary/aromatic N) is 2. The van der Waals surface area contributed by atoms with Crippen molar-refractivity contribution >= 4 is 18.3 Å². The van der Waals surface area contributed by atoms with Gasteiger partial charge >= 0.3 is 6.03 Å². The highest BCUT2D eigenvalue weighted by atomic mass is 16.2. The monoisotopic (exact) mass is 227 g/mol. The summed E-state index contributed by atoms with van der Waals surface area (Å²) in [6, 6.07) is -0.895. The fourth-order valence-corrected chi connectivity index (χ4v) is 1.71. The maximum Gasteiger partial charge on any atom is 0.326 e. The maximum atomic E-state index is 11.9. The largest absolute Gasteiger partial charge is 0.347 e. The fraction of sp³-hybridized carbons (Fsp3) is 0.700. The number of hydrogen-bond acceptors (Lipinski definition) is 3. The zero-order valence-electron chi connectivity index (χ0n) is 9.60. The molecule has 1 heterocycles. The van der Waals surface area contributed by atoms with E-state index in [-0.39, 0.29) is 11.9 Å². The van der Waals surface area contributed by atoms with Gasteiger partial charge in [0.1, 0.15) is 6.04 Å². The predicted octanol–water partition coefficient (Wildman–Crippen LogP) is -0.205. The normalized spacial score (nSPS) is 21.2. The van der Waals surface area contributed by atoms with Crippen LogP contribution in [-0.4, -0.2) is 54.8 Å². The molecule has 0 radical (unpaired) electrons. The molecule has 0 aromatic carbocycles. The van der Waals surface area contributed by atoms with Crippen LogP contribution in [0.3, 0.4) is 0 Å². The van der Waals surface area contributed by atoms with E-state index in [0.29, 0.717) is 19.4 Å². The first-order chi connectivity index (χ1) is 7.57. The summed E-state index contributed by atoms with van der Waals surface area (Å²) in [7, 11) is 3.20. The van der Waals surface area contributed by atoms with E-state index in [9.17, 15) is 14.4 Å². The first-order valence-electron chi connectivity index (χ1n) is 5.30. The van der Waals surface area contributed by atoms with Crippen molar-refractivity contribution in [1.29, 1.82) is 0 Å². The van der Waals surface area contributed by atoms with Crippen molar-refractivity contribution in [2.45, 2.75) is 25.3 Å². The Bertz CT molecular complexity index is 291. The van der Waals surface area contributed by atoms with E-state index >= 15 is 0 Å². The van der Waals surface area contributed by atoms with Crippen molar-refractivity contribution in [3.8, 4) is 0 Å². The summed E-state index contributed by atoms with van der Waals surface area (Å²) in [6.45, 7) is 0.423. The van der Waals surface area contributed by atoms with Crippen LogP contribution in [0.5, 0.6) is 0 Å². The molecule has 1 fully saturated rings. The van der Waals surface area contributed by atoms with Crippen molar-refractivity contribution in [3.05, 3.63) is 0 Å². The second kappa shape index (κ2) is 5.48. The van der Waals surface area contributed by atoms with Gasteiger partial charge in [0.25, 0.3) is 5.91 Å². The molecule has 0 saturated carbocycles. The average Bonchev–Trinajstić information content (AvgIpc) is 2.42. The van der Waals surface area contributed by atoms with E-state index < -0.39 is 6.04 Å². The quantitative estimate of drug-likeness (QED) is 0.664. The molecule has 1 N–H and O–H groups in total. The Labute approximate surface area is 94.6 Å². The Morgan fingerprint density at radius 2 is 2.19 bits per heavy atom. The van der Waals surface area contributed by atoms with E-state index in [2.05, 4.69) is 5.32 Å². The lowest BCUT2D eigenvalue weighted by atomic mass is 10.1. The lowest BCUT2D eigenvalue weighted by Gasteiger charge is -2.25. The van der Waals surface area contributed by atoms with Gasteiger partial charge < -0.3 is 10.2 Å². The highest BCUT2D eigenvalue weighted by molar-refractivity contribution is 5.97. The number of urea groups is 1. The second-order valence-corrected chi connectivity index (χ2v) is 4.00. The molecule has 0 aliphatic carbocycles. The van der Waals surface area contributed by atoms with Crippen molar-refractivity contribution in [2.75, 3.05) is 20.6 Å². The summed E-state index contributed by atoms with van der Waals surface area (Å²) in [5.74, 6) is -0.316. The van der Waals surface area contributed by atoms with Crippen LogP contribution in [0.25, 0.3) is 0 Å². The predicted molar refractivity (Wildman–Crippen MR) is 57.6 cm³/mol. The van der Waals surface area contributed by atoms with Gasteiger partial charge in [-0.05, 0) is 19.3 Å². The molecule has 6 nitrogen and oxygen atoms in total. The summed E-state index contributed by atoms with van der Waals surface area (Å²) < 4.78 is 0. The third-order valence-electron chi connectivity index (χ3n) is 2.57. The first kappa shape index (κ1) is 12.5. The van der Waals surface area contributed by atoms with Gasteiger partial charge in [0.05, 0.1) is 0 Å².